The average molecular weight is 547 g/mol. The number of halogens is 3. The van der Waals surface area contributed by atoms with Crippen LogP contribution in [0.1, 0.15) is 26.0 Å². The lowest BCUT2D eigenvalue weighted by Crippen LogP contribution is -2.57. The number of nitrogens with one attached hydrogen (secondary N) is 2. The molecule has 3 saturated heterocycles. The summed E-state index contributed by atoms with van der Waals surface area (Å²) < 4.78 is 57.1. The van der Waals surface area contributed by atoms with E-state index in [1.807, 2.05) is 4.90 Å². The maximum Gasteiger partial charge on any atom is 0.434 e. The van der Waals surface area contributed by atoms with Gasteiger partial charge in [-0.05, 0) is 13.8 Å². The number of carbonyl (C=O) groups is 2. The maximum absolute atomic E-state index is 13.0. The largest absolute Gasteiger partial charge is 0.481 e. The molecule has 0 saturated carbocycles. The number of nitrogens with zero attached hydrogens (tertiary/aromatic N) is 4. The number of carboxylic acid groups (broad SMARTS) is 1. The Balaban J connectivity index is 1.28. The van der Waals surface area contributed by atoms with Gasteiger partial charge >= 0.3 is 12.1 Å². The molecule has 0 aliphatic carbocycles. The summed E-state index contributed by atoms with van der Waals surface area (Å²) in [7, 11) is 0. The standard InChI is InChI=1S/C23H33F3N6O6/c1-22(2)37-20-14(29-17-11-27-10-16(30-17)23(24,25)26)13-36-15(21(20)38-22)9-28-18(33)12-32-7-5-31(6-8-32)4-3-19(34)35/h10-11,14-15,20-21H,3-9,12-13H2,1-2H3,(H,28,33)(H,29,30)(H,34,35)/t14-,15+,20+,21-/m0/s1. The zero-order valence-corrected chi connectivity index (χ0v) is 21.2. The zero-order chi connectivity index (χ0) is 27.5. The number of aromatic nitrogens is 2. The molecule has 1 aromatic heterocycles. The maximum atomic E-state index is 13.0. The number of alkyl halides is 3. The molecule has 0 unspecified atom stereocenters. The molecular formula is C23H33F3N6O6. The summed E-state index contributed by atoms with van der Waals surface area (Å²) >= 11 is 0. The molecule has 3 aliphatic rings. The molecule has 212 valence electrons. The monoisotopic (exact) mass is 546 g/mol. The summed E-state index contributed by atoms with van der Waals surface area (Å²) in [6, 6.07) is -0.552. The smallest absolute Gasteiger partial charge is 0.434 e. The predicted octanol–water partition coefficient (Wildman–Crippen LogP) is 0.403. The van der Waals surface area contributed by atoms with Gasteiger partial charge in [-0.3, -0.25) is 19.5 Å². The Hall–Kier alpha value is -2.59. The molecule has 3 N–H and O–H groups in total. The Morgan fingerprint density at radius 3 is 2.50 bits per heavy atom. The van der Waals surface area contributed by atoms with Gasteiger partial charge in [-0.2, -0.15) is 13.2 Å². The number of aliphatic carboxylic acids is 1. The van der Waals surface area contributed by atoms with Crippen LogP contribution in [-0.2, 0) is 30.0 Å². The van der Waals surface area contributed by atoms with Crippen LogP contribution in [0.5, 0.6) is 0 Å². The van der Waals surface area contributed by atoms with E-state index >= 15 is 0 Å². The number of ether oxygens (including phenoxy) is 3. The second kappa shape index (κ2) is 11.7. The van der Waals surface area contributed by atoms with E-state index in [2.05, 4.69) is 25.5 Å². The van der Waals surface area contributed by atoms with Crippen LogP contribution in [0.2, 0.25) is 0 Å². The molecule has 4 rings (SSSR count). The van der Waals surface area contributed by atoms with Crippen molar-refractivity contribution in [3.63, 3.8) is 0 Å². The van der Waals surface area contributed by atoms with Crippen LogP contribution in [0.15, 0.2) is 12.4 Å². The highest BCUT2D eigenvalue weighted by atomic mass is 19.4. The normalized spacial score (nSPS) is 28.0. The fraction of sp³-hybridized carbons (Fsp3) is 0.739. The van der Waals surface area contributed by atoms with Crippen molar-refractivity contribution in [1.82, 2.24) is 25.1 Å². The number of rotatable bonds is 9. The van der Waals surface area contributed by atoms with Crippen molar-refractivity contribution in [2.24, 2.45) is 0 Å². The first kappa shape index (κ1) is 28.4. The van der Waals surface area contributed by atoms with E-state index in [9.17, 15) is 22.8 Å². The third kappa shape index (κ3) is 7.50. The summed E-state index contributed by atoms with van der Waals surface area (Å²) in [5.41, 5.74) is -1.11. The highest BCUT2D eigenvalue weighted by Crippen LogP contribution is 2.36. The Morgan fingerprint density at radius 1 is 1.13 bits per heavy atom. The predicted molar refractivity (Wildman–Crippen MR) is 126 cm³/mol. The average Bonchev–Trinajstić information content (AvgIpc) is 3.18. The molecule has 12 nitrogen and oxygen atoms in total. The van der Waals surface area contributed by atoms with Crippen LogP contribution in [0, 0.1) is 0 Å². The van der Waals surface area contributed by atoms with Crippen molar-refractivity contribution in [3.05, 3.63) is 18.1 Å². The fourth-order valence-electron chi connectivity index (χ4n) is 4.79. The van der Waals surface area contributed by atoms with Gasteiger partial charge in [-0.25, -0.2) is 4.98 Å². The summed E-state index contributed by atoms with van der Waals surface area (Å²) in [6.45, 7) is 7.15. The first-order valence-electron chi connectivity index (χ1n) is 12.5. The molecule has 0 aromatic carbocycles. The molecule has 0 spiro atoms. The van der Waals surface area contributed by atoms with E-state index in [-0.39, 0.29) is 37.8 Å². The number of carbonyl (C=O) groups excluding carboxylic acids is 1. The molecule has 3 aliphatic heterocycles. The first-order valence-corrected chi connectivity index (χ1v) is 12.5. The van der Waals surface area contributed by atoms with Gasteiger partial charge in [0.05, 0.1) is 38.0 Å². The number of carboxylic acids is 1. The zero-order valence-electron chi connectivity index (χ0n) is 21.2. The van der Waals surface area contributed by atoms with Crippen molar-refractivity contribution in [2.45, 2.75) is 56.6 Å². The molecule has 3 fully saturated rings. The Kier molecular flexibility index (Phi) is 8.72. The van der Waals surface area contributed by atoms with Crippen LogP contribution in [0.3, 0.4) is 0 Å². The second-order valence-electron chi connectivity index (χ2n) is 10.0. The quantitative estimate of drug-likeness (QED) is 0.397. The third-order valence-electron chi connectivity index (χ3n) is 6.65. The minimum absolute atomic E-state index is 0.0599. The molecule has 4 atom stereocenters. The number of piperazine rings is 1. The van der Waals surface area contributed by atoms with Crippen LogP contribution >= 0.6 is 0 Å². The van der Waals surface area contributed by atoms with Gasteiger partial charge in [-0.1, -0.05) is 0 Å². The molecule has 0 bridgehead atoms. The lowest BCUT2D eigenvalue weighted by Gasteiger charge is -2.38. The Morgan fingerprint density at radius 2 is 1.82 bits per heavy atom. The van der Waals surface area contributed by atoms with Crippen molar-refractivity contribution in [3.8, 4) is 0 Å². The fourth-order valence-corrected chi connectivity index (χ4v) is 4.79. The summed E-state index contributed by atoms with van der Waals surface area (Å²) in [6.07, 6.45) is -4.34. The number of anilines is 1. The molecule has 38 heavy (non-hydrogen) atoms. The van der Waals surface area contributed by atoms with Crippen LogP contribution in [0.4, 0.5) is 19.0 Å². The van der Waals surface area contributed by atoms with Gasteiger partial charge in [0.15, 0.2) is 11.5 Å². The van der Waals surface area contributed by atoms with Crippen LogP contribution < -0.4 is 10.6 Å². The molecule has 4 heterocycles. The third-order valence-corrected chi connectivity index (χ3v) is 6.65. The topological polar surface area (TPSA) is 138 Å². The Labute approximate surface area is 217 Å². The van der Waals surface area contributed by atoms with Crippen LogP contribution in [0.25, 0.3) is 0 Å². The summed E-state index contributed by atoms with van der Waals surface area (Å²) in [5, 5.41) is 14.6. The number of amides is 1. The number of fused-ring (bicyclic) bond motifs is 1. The van der Waals surface area contributed by atoms with E-state index in [1.165, 1.54) is 6.20 Å². The molecule has 1 aromatic rings. The van der Waals surface area contributed by atoms with Crippen LogP contribution in [-0.4, -0.2) is 119 Å². The number of hydrogen-bond donors (Lipinski definition) is 3. The molecule has 15 heteroatoms. The van der Waals surface area contributed by atoms with Crippen molar-refractivity contribution in [1.29, 1.82) is 0 Å². The first-order chi connectivity index (χ1) is 17.9. The molecule has 1 amide bonds. The summed E-state index contributed by atoms with van der Waals surface area (Å²) in [5.74, 6) is -2.02. The lowest BCUT2D eigenvalue weighted by molar-refractivity contribution is -0.153. The highest BCUT2D eigenvalue weighted by molar-refractivity contribution is 5.78. The van der Waals surface area contributed by atoms with Gasteiger partial charge in [0.25, 0.3) is 0 Å². The van der Waals surface area contributed by atoms with Crippen molar-refractivity contribution in [2.75, 3.05) is 57.7 Å². The van der Waals surface area contributed by atoms with Gasteiger partial charge in [0.1, 0.15) is 24.1 Å². The molecular weight excluding hydrogens is 513 g/mol. The van der Waals surface area contributed by atoms with E-state index in [4.69, 9.17) is 19.3 Å². The van der Waals surface area contributed by atoms with Crippen molar-refractivity contribution < 1.29 is 42.1 Å². The Bertz CT molecular complexity index is 991. The van der Waals surface area contributed by atoms with Gasteiger partial charge in [0, 0.05) is 39.3 Å². The second-order valence-corrected chi connectivity index (χ2v) is 10.0. The SMILES string of the molecule is CC1(C)O[C@@H]2[C@H](O1)[C@@H](Nc1cncc(C(F)(F)F)n1)CO[C@@H]2CNC(=O)CN1CCN(CCC(=O)O)CC1. The van der Waals surface area contributed by atoms with Gasteiger partial charge in [-0.15, -0.1) is 0 Å². The molecule has 0 radical (unpaired) electrons. The van der Waals surface area contributed by atoms with E-state index in [0.717, 1.165) is 0 Å². The minimum Gasteiger partial charge on any atom is -0.481 e. The van der Waals surface area contributed by atoms with Gasteiger partial charge < -0.3 is 34.9 Å². The van der Waals surface area contributed by atoms with E-state index in [1.54, 1.807) is 13.8 Å². The highest BCUT2D eigenvalue weighted by Gasteiger charge is 2.52. The lowest BCUT2D eigenvalue weighted by atomic mass is 9.98. The minimum atomic E-state index is -4.62. The van der Waals surface area contributed by atoms with E-state index < -0.39 is 48.0 Å². The van der Waals surface area contributed by atoms with E-state index in [0.29, 0.717) is 38.9 Å². The number of hydrogen-bond acceptors (Lipinski definition) is 10. The van der Waals surface area contributed by atoms with Crippen molar-refractivity contribution >= 4 is 17.7 Å². The van der Waals surface area contributed by atoms with Gasteiger partial charge in [0.2, 0.25) is 5.91 Å². The summed E-state index contributed by atoms with van der Waals surface area (Å²) in [4.78, 5) is 34.6.